The van der Waals surface area contributed by atoms with Gasteiger partial charge in [-0.25, -0.2) is 4.98 Å². The topological polar surface area (TPSA) is 69.6 Å². The lowest BCUT2D eigenvalue weighted by molar-refractivity contribution is 0.414. The Morgan fingerprint density at radius 3 is 3.07 bits per heavy atom. The molecule has 0 fully saturated rings. The number of methoxy groups -OCH3 is 1. The third-order valence-electron chi connectivity index (χ3n) is 1.94. The van der Waals surface area contributed by atoms with E-state index in [1.807, 2.05) is 0 Å². The highest BCUT2D eigenvalue weighted by Gasteiger charge is 2.01. The fraction of sp³-hybridized carbons (Fsp3) is 0.111. The normalized spacial score (nSPS) is 10.4. The highest BCUT2D eigenvalue weighted by atomic mass is 16.5. The van der Waals surface area contributed by atoms with Crippen LogP contribution in [0.1, 0.15) is 0 Å². The van der Waals surface area contributed by atoms with Crippen molar-refractivity contribution in [2.75, 3.05) is 12.8 Å². The average Bonchev–Trinajstić information content (AvgIpc) is 2.23. The lowest BCUT2D eigenvalue weighted by Gasteiger charge is -2.03. The minimum absolute atomic E-state index is 0.132. The minimum atomic E-state index is -0.266. The highest BCUT2D eigenvalue weighted by molar-refractivity contribution is 5.47. The second kappa shape index (κ2) is 3.02. The molecule has 2 aromatic heterocycles. The summed E-state index contributed by atoms with van der Waals surface area (Å²) in [6, 6.07) is 3.34. The largest absolute Gasteiger partial charge is 0.497 e. The SMILES string of the molecule is COc1ccn2c(=O)c(N)cnc2c1. The van der Waals surface area contributed by atoms with E-state index in [-0.39, 0.29) is 11.2 Å². The van der Waals surface area contributed by atoms with E-state index in [0.29, 0.717) is 11.4 Å². The fourth-order valence-electron chi connectivity index (χ4n) is 1.20. The Hall–Kier alpha value is -2.04. The van der Waals surface area contributed by atoms with E-state index in [9.17, 15) is 4.79 Å². The molecular weight excluding hydrogens is 182 g/mol. The minimum Gasteiger partial charge on any atom is -0.497 e. The number of ether oxygens (including phenoxy) is 1. The summed E-state index contributed by atoms with van der Waals surface area (Å²) in [5.74, 6) is 0.654. The third kappa shape index (κ3) is 1.19. The second-order valence-corrected chi connectivity index (χ2v) is 2.81. The van der Waals surface area contributed by atoms with Crippen LogP contribution in [0.5, 0.6) is 5.75 Å². The van der Waals surface area contributed by atoms with Crippen LogP contribution >= 0.6 is 0 Å². The number of pyridine rings is 1. The molecule has 14 heavy (non-hydrogen) atoms. The molecule has 0 amide bonds. The maximum Gasteiger partial charge on any atom is 0.280 e. The van der Waals surface area contributed by atoms with Gasteiger partial charge in [0, 0.05) is 12.3 Å². The van der Waals surface area contributed by atoms with E-state index in [2.05, 4.69) is 4.98 Å². The fourth-order valence-corrected chi connectivity index (χ4v) is 1.20. The van der Waals surface area contributed by atoms with Crippen molar-refractivity contribution in [2.24, 2.45) is 0 Å². The van der Waals surface area contributed by atoms with E-state index >= 15 is 0 Å². The van der Waals surface area contributed by atoms with E-state index < -0.39 is 0 Å². The number of hydrogen-bond acceptors (Lipinski definition) is 4. The summed E-state index contributed by atoms with van der Waals surface area (Å²) in [6.07, 6.45) is 2.93. The van der Waals surface area contributed by atoms with Crippen LogP contribution in [-0.4, -0.2) is 16.5 Å². The summed E-state index contributed by atoms with van der Waals surface area (Å²) in [5.41, 5.74) is 5.81. The van der Waals surface area contributed by atoms with Gasteiger partial charge in [0.2, 0.25) is 0 Å². The van der Waals surface area contributed by atoms with Crippen molar-refractivity contribution in [1.29, 1.82) is 0 Å². The van der Waals surface area contributed by atoms with Gasteiger partial charge in [-0.1, -0.05) is 0 Å². The first-order chi connectivity index (χ1) is 6.72. The van der Waals surface area contributed by atoms with Crippen molar-refractivity contribution in [3.63, 3.8) is 0 Å². The van der Waals surface area contributed by atoms with Crippen LogP contribution in [-0.2, 0) is 0 Å². The Morgan fingerprint density at radius 1 is 1.57 bits per heavy atom. The van der Waals surface area contributed by atoms with Crippen molar-refractivity contribution in [3.8, 4) is 5.75 Å². The molecule has 5 heteroatoms. The van der Waals surface area contributed by atoms with E-state index in [1.165, 1.54) is 10.6 Å². The predicted molar refractivity (Wildman–Crippen MR) is 52.4 cm³/mol. The first-order valence-corrected chi connectivity index (χ1v) is 4.03. The number of nitrogen functional groups attached to an aromatic ring is 1. The number of nitrogens with zero attached hydrogens (tertiary/aromatic N) is 2. The predicted octanol–water partition coefficient (Wildman–Crippen LogP) is 0.285. The number of fused-ring (bicyclic) bond motifs is 1. The maximum atomic E-state index is 11.5. The van der Waals surface area contributed by atoms with Gasteiger partial charge in [0.15, 0.2) is 0 Å². The number of rotatable bonds is 1. The molecule has 0 radical (unpaired) electrons. The van der Waals surface area contributed by atoms with E-state index in [0.717, 1.165) is 0 Å². The molecule has 0 saturated carbocycles. The molecule has 0 bridgehead atoms. The van der Waals surface area contributed by atoms with Gasteiger partial charge in [0.25, 0.3) is 5.56 Å². The van der Waals surface area contributed by atoms with Crippen LogP contribution in [0.15, 0.2) is 29.3 Å². The molecule has 0 spiro atoms. The first kappa shape index (κ1) is 8.55. The van der Waals surface area contributed by atoms with Crippen LogP contribution in [0.25, 0.3) is 5.65 Å². The van der Waals surface area contributed by atoms with Crippen LogP contribution < -0.4 is 16.0 Å². The second-order valence-electron chi connectivity index (χ2n) is 2.81. The summed E-state index contributed by atoms with van der Waals surface area (Å²) >= 11 is 0. The molecule has 2 N–H and O–H groups in total. The quantitative estimate of drug-likeness (QED) is 0.703. The van der Waals surface area contributed by atoms with Gasteiger partial charge in [-0.3, -0.25) is 9.20 Å². The molecule has 0 aromatic carbocycles. The summed E-state index contributed by atoms with van der Waals surface area (Å²) in [4.78, 5) is 15.5. The third-order valence-corrected chi connectivity index (χ3v) is 1.94. The van der Waals surface area contributed by atoms with Crippen molar-refractivity contribution < 1.29 is 4.74 Å². The Bertz CT molecular complexity index is 533. The van der Waals surface area contributed by atoms with Crippen molar-refractivity contribution in [3.05, 3.63) is 34.9 Å². The molecule has 0 aliphatic carbocycles. The van der Waals surface area contributed by atoms with Crippen LogP contribution in [0.4, 0.5) is 5.69 Å². The number of nitrogens with two attached hydrogens (primary N) is 1. The van der Waals surface area contributed by atoms with Crippen LogP contribution in [0.3, 0.4) is 0 Å². The molecule has 2 aromatic rings. The summed E-state index contributed by atoms with van der Waals surface area (Å²) < 4.78 is 6.38. The van der Waals surface area contributed by atoms with Gasteiger partial charge in [-0.2, -0.15) is 0 Å². The van der Waals surface area contributed by atoms with Gasteiger partial charge < -0.3 is 10.5 Å². The Balaban J connectivity index is 2.81. The number of aromatic nitrogens is 2. The molecule has 0 saturated heterocycles. The summed E-state index contributed by atoms with van der Waals surface area (Å²) in [5, 5.41) is 0. The molecule has 2 heterocycles. The van der Waals surface area contributed by atoms with Gasteiger partial charge >= 0.3 is 0 Å². The Morgan fingerprint density at radius 2 is 2.36 bits per heavy atom. The Labute approximate surface area is 79.8 Å². The van der Waals surface area contributed by atoms with E-state index in [1.54, 1.807) is 25.4 Å². The first-order valence-electron chi connectivity index (χ1n) is 4.03. The maximum absolute atomic E-state index is 11.5. The molecule has 2 rings (SSSR count). The van der Waals surface area contributed by atoms with Crippen LogP contribution in [0, 0.1) is 0 Å². The zero-order valence-corrected chi connectivity index (χ0v) is 7.60. The lowest BCUT2D eigenvalue weighted by Crippen LogP contribution is -2.17. The highest BCUT2D eigenvalue weighted by Crippen LogP contribution is 2.10. The zero-order valence-electron chi connectivity index (χ0n) is 7.60. The molecule has 0 unspecified atom stereocenters. The van der Waals surface area contributed by atoms with Crippen LogP contribution in [0.2, 0.25) is 0 Å². The lowest BCUT2D eigenvalue weighted by atomic mass is 10.4. The molecular formula is C9H9N3O2. The monoisotopic (exact) mass is 191 g/mol. The van der Waals surface area contributed by atoms with Gasteiger partial charge in [-0.05, 0) is 6.07 Å². The Kier molecular flexibility index (Phi) is 1.85. The van der Waals surface area contributed by atoms with Gasteiger partial charge in [-0.15, -0.1) is 0 Å². The number of hydrogen-bond donors (Lipinski definition) is 1. The van der Waals surface area contributed by atoms with Crippen molar-refractivity contribution in [2.45, 2.75) is 0 Å². The molecule has 0 aliphatic rings. The van der Waals surface area contributed by atoms with Gasteiger partial charge in [0.1, 0.15) is 17.1 Å². The summed E-state index contributed by atoms with van der Waals surface area (Å²) in [6.45, 7) is 0. The molecule has 0 aliphatic heterocycles. The van der Waals surface area contributed by atoms with Crippen molar-refractivity contribution >= 4 is 11.3 Å². The van der Waals surface area contributed by atoms with E-state index in [4.69, 9.17) is 10.5 Å². The standard InChI is InChI=1S/C9H9N3O2/c1-14-6-2-3-12-8(4-6)11-5-7(10)9(12)13/h2-5H,10H2,1H3. The molecule has 5 nitrogen and oxygen atoms in total. The van der Waals surface area contributed by atoms with Gasteiger partial charge in [0.05, 0.1) is 13.3 Å². The smallest absolute Gasteiger partial charge is 0.280 e. The number of anilines is 1. The van der Waals surface area contributed by atoms with Crippen molar-refractivity contribution in [1.82, 2.24) is 9.38 Å². The molecule has 0 atom stereocenters. The summed E-state index contributed by atoms with van der Waals surface area (Å²) in [7, 11) is 1.56. The zero-order chi connectivity index (χ0) is 10.1. The molecule has 72 valence electrons. The average molecular weight is 191 g/mol.